The molecular formula is C12H16ClO2. The maximum Gasteiger partial charge on any atom is 0.121 e. The summed E-state index contributed by atoms with van der Waals surface area (Å²) in [5.41, 5.74) is 0.917. The summed E-state index contributed by atoms with van der Waals surface area (Å²) < 4.78 is 5.55. The van der Waals surface area contributed by atoms with Crippen LogP contribution in [0, 0.1) is 5.92 Å². The summed E-state index contributed by atoms with van der Waals surface area (Å²) in [6.45, 7) is 5.82. The molecule has 2 nitrogen and oxygen atoms in total. The summed E-state index contributed by atoms with van der Waals surface area (Å²) in [5, 5.41) is 9.65. The molecule has 0 saturated carbocycles. The standard InChI is InChI=1S/C12H16ClO2/c1-8(2)15-12-5-10(9(3)7-14)4-11(13)6-12/h4-6,8,14H,7H2,1-3H3. The van der Waals surface area contributed by atoms with Crippen LogP contribution in [-0.4, -0.2) is 17.8 Å². The summed E-state index contributed by atoms with van der Waals surface area (Å²) in [7, 11) is 0. The van der Waals surface area contributed by atoms with E-state index in [2.05, 4.69) is 0 Å². The van der Waals surface area contributed by atoms with Gasteiger partial charge in [0.2, 0.25) is 0 Å². The Morgan fingerprint density at radius 3 is 2.60 bits per heavy atom. The van der Waals surface area contributed by atoms with Crippen LogP contribution in [0.5, 0.6) is 5.75 Å². The summed E-state index contributed by atoms with van der Waals surface area (Å²) in [6.07, 6.45) is 0.116. The van der Waals surface area contributed by atoms with Crippen LogP contribution >= 0.6 is 11.6 Å². The number of benzene rings is 1. The highest BCUT2D eigenvalue weighted by atomic mass is 35.5. The van der Waals surface area contributed by atoms with E-state index in [1.165, 1.54) is 0 Å². The van der Waals surface area contributed by atoms with E-state index in [9.17, 15) is 0 Å². The van der Waals surface area contributed by atoms with E-state index in [4.69, 9.17) is 21.4 Å². The van der Waals surface area contributed by atoms with Gasteiger partial charge in [-0.2, -0.15) is 0 Å². The second kappa shape index (κ2) is 5.38. The third-order valence-electron chi connectivity index (χ3n) is 1.97. The quantitative estimate of drug-likeness (QED) is 0.857. The van der Waals surface area contributed by atoms with Gasteiger partial charge >= 0.3 is 0 Å². The fourth-order valence-corrected chi connectivity index (χ4v) is 1.47. The van der Waals surface area contributed by atoms with Crippen molar-refractivity contribution in [3.8, 4) is 5.75 Å². The lowest BCUT2D eigenvalue weighted by atomic mass is 10.0. The molecule has 0 spiro atoms. The number of ether oxygens (including phenoxy) is 1. The summed E-state index contributed by atoms with van der Waals surface area (Å²) >= 11 is 5.96. The van der Waals surface area contributed by atoms with Crippen molar-refractivity contribution in [2.45, 2.75) is 26.9 Å². The normalized spacial score (nSPS) is 11.1. The molecule has 0 saturated heterocycles. The maximum atomic E-state index is 9.03. The first kappa shape index (κ1) is 12.3. The average molecular weight is 228 g/mol. The van der Waals surface area contributed by atoms with Crippen LogP contribution in [0.4, 0.5) is 0 Å². The second-order valence-electron chi connectivity index (χ2n) is 3.78. The van der Waals surface area contributed by atoms with Crippen molar-refractivity contribution in [1.29, 1.82) is 0 Å². The Labute approximate surface area is 95.8 Å². The first-order valence-electron chi connectivity index (χ1n) is 4.94. The molecule has 0 aliphatic heterocycles. The van der Waals surface area contributed by atoms with Crippen molar-refractivity contribution in [2.75, 3.05) is 6.61 Å². The number of rotatable bonds is 4. The topological polar surface area (TPSA) is 29.5 Å². The molecule has 83 valence electrons. The third-order valence-corrected chi connectivity index (χ3v) is 2.19. The molecule has 15 heavy (non-hydrogen) atoms. The number of halogens is 1. The Morgan fingerprint density at radius 1 is 1.40 bits per heavy atom. The van der Waals surface area contributed by atoms with Crippen LogP contribution in [0.1, 0.15) is 26.3 Å². The Kier molecular flexibility index (Phi) is 4.43. The highest BCUT2D eigenvalue weighted by Gasteiger charge is 2.08. The van der Waals surface area contributed by atoms with E-state index < -0.39 is 0 Å². The van der Waals surface area contributed by atoms with Crippen molar-refractivity contribution in [2.24, 2.45) is 0 Å². The summed E-state index contributed by atoms with van der Waals surface area (Å²) in [6, 6.07) is 5.48. The molecule has 1 radical (unpaired) electrons. The second-order valence-corrected chi connectivity index (χ2v) is 4.22. The molecule has 0 bridgehead atoms. The molecule has 1 aromatic rings. The lowest BCUT2D eigenvalue weighted by Gasteiger charge is -2.13. The third kappa shape index (κ3) is 3.73. The largest absolute Gasteiger partial charge is 0.491 e. The van der Waals surface area contributed by atoms with Gasteiger partial charge in [0.05, 0.1) is 12.7 Å². The number of hydrogen-bond donors (Lipinski definition) is 1. The highest BCUT2D eigenvalue weighted by molar-refractivity contribution is 6.30. The van der Waals surface area contributed by atoms with E-state index in [1.807, 2.05) is 32.9 Å². The van der Waals surface area contributed by atoms with Gasteiger partial charge in [0, 0.05) is 10.9 Å². The molecule has 0 heterocycles. The molecule has 1 N–H and O–H groups in total. The summed E-state index contributed by atoms with van der Waals surface area (Å²) in [5.74, 6) is 1.62. The zero-order valence-corrected chi connectivity index (χ0v) is 10.0. The van der Waals surface area contributed by atoms with Gasteiger partial charge in [-0.25, -0.2) is 0 Å². The van der Waals surface area contributed by atoms with E-state index in [1.54, 1.807) is 6.07 Å². The van der Waals surface area contributed by atoms with Crippen LogP contribution in [-0.2, 0) is 0 Å². The zero-order chi connectivity index (χ0) is 11.4. The van der Waals surface area contributed by atoms with Crippen LogP contribution in [0.15, 0.2) is 18.2 Å². The first-order valence-corrected chi connectivity index (χ1v) is 5.31. The predicted molar refractivity (Wildman–Crippen MR) is 62.3 cm³/mol. The number of aliphatic hydroxyl groups is 1. The van der Waals surface area contributed by atoms with Gasteiger partial charge in [0.15, 0.2) is 0 Å². The molecule has 0 atom stereocenters. The monoisotopic (exact) mass is 227 g/mol. The molecule has 0 fully saturated rings. The van der Waals surface area contributed by atoms with Gasteiger partial charge in [-0.15, -0.1) is 0 Å². The SMILES string of the molecule is C[C](CO)c1cc(Cl)cc(OC(C)C)c1. The molecule has 3 heteroatoms. The highest BCUT2D eigenvalue weighted by Crippen LogP contribution is 2.26. The van der Waals surface area contributed by atoms with Crippen LogP contribution in [0.25, 0.3) is 0 Å². The Hall–Kier alpha value is -0.730. The van der Waals surface area contributed by atoms with Gasteiger partial charge in [0.25, 0.3) is 0 Å². The van der Waals surface area contributed by atoms with Crippen molar-refractivity contribution < 1.29 is 9.84 Å². The Bertz CT molecular complexity index is 323. The number of aliphatic hydroxyl groups excluding tert-OH is 1. The van der Waals surface area contributed by atoms with E-state index in [-0.39, 0.29) is 12.7 Å². The van der Waals surface area contributed by atoms with Gasteiger partial charge in [-0.05, 0) is 37.6 Å². The average Bonchev–Trinajstić information content (AvgIpc) is 2.14. The maximum absolute atomic E-state index is 9.03. The van der Waals surface area contributed by atoms with Crippen molar-refractivity contribution in [1.82, 2.24) is 0 Å². The molecule has 0 aliphatic carbocycles. The van der Waals surface area contributed by atoms with E-state index in [0.29, 0.717) is 5.02 Å². The van der Waals surface area contributed by atoms with E-state index in [0.717, 1.165) is 17.2 Å². The Morgan fingerprint density at radius 2 is 2.07 bits per heavy atom. The van der Waals surface area contributed by atoms with E-state index >= 15 is 0 Å². The van der Waals surface area contributed by atoms with Gasteiger partial charge < -0.3 is 9.84 Å². The minimum atomic E-state index is 0.0292. The molecule has 0 aromatic heterocycles. The minimum Gasteiger partial charge on any atom is -0.491 e. The van der Waals surface area contributed by atoms with Crippen molar-refractivity contribution in [3.05, 3.63) is 34.7 Å². The minimum absolute atomic E-state index is 0.0292. The molecular weight excluding hydrogens is 212 g/mol. The fraction of sp³-hybridized carbons (Fsp3) is 0.417. The van der Waals surface area contributed by atoms with Gasteiger partial charge in [-0.3, -0.25) is 0 Å². The lowest BCUT2D eigenvalue weighted by Crippen LogP contribution is -2.07. The van der Waals surface area contributed by atoms with Crippen LogP contribution in [0.2, 0.25) is 5.02 Å². The predicted octanol–water partition coefficient (Wildman–Crippen LogP) is 3.06. The van der Waals surface area contributed by atoms with Crippen molar-refractivity contribution >= 4 is 11.6 Å². The number of hydrogen-bond acceptors (Lipinski definition) is 2. The zero-order valence-electron chi connectivity index (χ0n) is 9.25. The Balaban J connectivity index is 2.94. The van der Waals surface area contributed by atoms with Crippen molar-refractivity contribution in [3.63, 3.8) is 0 Å². The molecule has 1 rings (SSSR count). The van der Waals surface area contributed by atoms with Gasteiger partial charge in [-0.1, -0.05) is 18.5 Å². The summed E-state index contributed by atoms with van der Waals surface area (Å²) in [4.78, 5) is 0. The van der Waals surface area contributed by atoms with Crippen LogP contribution < -0.4 is 4.74 Å². The first-order chi connectivity index (χ1) is 7.02. The lowest BCUT2D eigenvalue weighted by molar-refractivity contribution is 0.242. The molecule has 0 amide bonds. The molecule has 1 aromatic carbocycles. The molecule has 0 unspecified atom stereocenters. The van der Waals surface area contributed by atoms with Crippen LogP contribution in [0.3, 0.4) is 0 Å². The molecule has 0 aliphatic rings. The fourth-order valence-electron chi connectivity index (χ4n) is 1.24. The van der Waals surface area contributed by atoms with Gasteiger partial charge in [0.1, 0.15) is 5.75 Å². The smallest absolute Gasteiger partial charge is 0.121 e.